The summed E-state index contributed by atoms with van der Waals surface area (Å²) in [7, 11) is 0. The summed E-state index contributed by atoms with van der Waals surface area (Å²) in [5.74, 6) is 2.10. The zero-order valence-corrected chi connectivity index (χ0v) is 27.2. The van der Waals surface area contributed by atoms with E-state index in [1.165, 1.54) is 60.5 Å². The van der Waals surface area contributed by atoms with E-state index in [1.54, 1.807) is 0 Å². The molecule has 49 heavy (non-hydrogen) atoms. The highest BCUT2D eigenvalue weighted by atomic mass is 15.0. The minimum absolute atomic E-state index is 0.689. The van der Waals surface area contributed by atoms with Gasteiger partial charge in [0.05, 0.1) is 0 Å². The van der Waals surface area contributed by atoms with Crippen LogP contribution in [-0.2, 0) is 12.8 Å². The molecule has 0 radical (unpaired) electrons. The Hall–Kier alpha value is -5.87. The highest BCUT2D eigenvalue weighted by Crippen LogP contribution is 2.42. The molecule has 0 unspecified atom stereocenters. The number of fused-ring (bicyclic) bond motifs is 9. The van der Waals surface area contributed by atoms with Gasteiger partial charge in [0.25, 0.3) is 0 Å². The number of hydrogen-bond acceptors (Lipinski definition) is 3. The largest absolute Gasteiger partial charge is 0.310 e. The summed E-state index contributed by atoms with van der Waals surface area (Å²) in [5, 5.41) is 7.30. The standard InChI is InChI=1S/C45H34N4/c1-3-14-29(15-4-1)43-46-44(30-16-5-2-6-17-30)48-45(47-43)38-23-13-22-37-33-27-26-31(28-39(33)32-18-7-8-21-36(32)42(37)38)49-40-24-11-9-19-34(40)35-20-10-12-25-41(35)49/h1,3-5,7-8,11-18,21-28H,2,6,9-10,19-20H2. The van der Waals surface area contributed by atoms with E-state index >= 15 is 0 Å². The highest BCUT2D eigenvalue weighted by Gasteiger charge is 2.24. The summed E-state index contributed by atoms with van der Waals surface area (Å²) in [6.07, 6.45) is 22.4. The van der Waals surface area contributed by atoms with Gasteiger partial charge in [0.2, 0.25) is 0 Å². The molecule has 3 aliphatic carbocycles. The summed E-state index contributed by atoms with van der Waals surface area (Å²) in [5.41, 5.74) is 10.0. The van der Waals surface area contributed by atoms with E-state index < -0.39 is 0 Å². The fraction of sp³-hybridized carbons (Fsp3) is 0.133. The van der Waals surface area contributed by atoms with Gasteiger partial charge in [0.1, 0.15) is 0 Å². The van der Waals surface area contributed by atoms with Gasteiger partial charge in [-0.3, -0.25) is 0 Å². The Kier molecular flexibility index (Phi) is 6.54. The number of hydrogen-bond donors (Lipinski definition) is 0. The van der Waals surface area contributed by atoms with Crippen molar-refractivity contribution in [2.45, 2.75) is 38.5 Å². The van der Waals surface area contributed by atoms with Crippen LogP contribution in [0, 0.1) is 0 Å². The first-order chi connectivity index (χ1) is 24.3. The van der Waals surface area contributed by atoms with Crippen LogP contribution in [0.1, 0.15) is 54.0 Å². The fourth-order valence-electron chi connectivity index (χ4n) is 8.18. The quantitative estimate of drug-likeness (QED) is 0.182. The third kappa shape index (κ3) is 4.55. The minimum Gasteiger partial charge on any atom is -0.310 e. The first-order valence-electron chi connectivity index (χ1n) is 17.5. The molecular weight excluding hydrogens is 597 g/mol. The van der Waals surface area contributed by atoms with Crippen LogP contribution in [0.5, 0.6) is 0 Å². The van der Waals surface area contributed by atoms with Crippen LogP contribution in [-0.4, -0.2) is 19.5 Å². The Bertz CT molecular complexity index is 2530. The van der Waals surface area contributed by atoms with Gasteiger partial charge in [-0.15, -0.1) is 0 Å². The Labute approximate surface area is 285 Å². The van der Waals surface area contributed by atoms with E-state index in [1.807, 2.05) is 18.2 Å². The van der Waals surface area contributed by atoms with Crippen LogP contribution in [0.2, 0.25) is 0 Å². The molecule has 0 N–H and O–H groups in total. The molecule has 5 aromatic carbocycles. The molecule has 2 aromatic heterocycles. The van der Waals surface area contributed by atoms with Crippen molar-refractivity contribution in [3.8, 4) is 28.5 Å². The van der Waals surface area contributed by atoms with Crippen LogP contribution in [0.25, 0.3) is 78.5 Å². The van der Waals surface area contributed by atoms with Crippen molar-refractivity contribution in [3.63, 3.8) is 0 Å². The predicted octanol–water partition coefficient (Wildman–Crippen LogP) is 11.1. The van der Waals surface area contributed by atoms with Gasteiger partial charge in [-0.1, -0.05) is 109 Å². The average Bonchev–Trinajstić information content (AvgIpc) is 3.52. The number of benzene rings is 5. The first-order valence-corrected chi connectivity index (χ1v) is 17.5. The molecule has 7 aromatic rings. The zero-order valence-electron chi connectivity index (χ0n) is 27.2. The molecule has 0 fully saturated rings. The van der Waals surface area contributed by atoms with Crippen molar-refractivity contribution in [1.82, 2.24) is 19.5 Å². The molecule has 3 aliphatic rings. The smallest absolute Gasteiger partial charge is 0.164 e. The first kappa shape index (κ1) is 28.2. The number of nitrogens with zero attached hydrogens (tertiary/aromatic N) is 4. The maximum absolute atomic E-state index is 5.16. The molecule has 0 bridgehead atoms. The summed E-state index contributed by atoms with van der Waals surface area (Å²) in [6, 6.07) is 32.7. The molecular formula is C45H34N4. The van der Waals surface area contributed by atoms with E-state index in [9.17, 15) is 0 Å². The van der Waals surface area contributed by atoms with E-state index in [-0.39, 0.29) is 0 Å². The van der Waals surface area contributed by atoms with Crippen LogP contribution >= 0.6 is 0 Å². The molecule has 4 heteroatoms. The summed E-state index contributed by atoms with van der Waals surface area (Å²) in [6.45, 7) is 0. The van der Waals surface area contributed by atoms with Gasteiger partial charge in [-0.2, -0.15) is 0 Å². The van der Waals surface area contributed by atoms with E-state index in [0.717, 1.165) is 55.2 Å². The molecule has 2 heterocycles. The normalized spacial score (nSPS) is 15.1. The number of aromatic nitrogens is 4. The Morgan fingerprint density at radius 1 is 0.490 bits per heavy atom. The second-order valence-electron chi connectivity index (χ2n) is 13.3. The predicted molar refractivity (Wildman–Crippen MR) is 204 cm³/mol. The van der Waals surface area contributed by atoms with Crippen molar-refractivity contribution < 1.29 is 0 Å². The van der Waals surface area contributed by atoms with Gasteiger partial charge < -0.3 is 4.57 Å². The molecule has 0 saturated heterocycles. The third-order valence-electron chi connectivity index (χ3n) is 10.4. The van der Waals surface area contributed by atoms with Gasteiger partial charge in [-0.25, -0.2) is 15.0 Å². The lowest BCUT2D eigenvalue weighted by atomic mass is 9.91. The summed E-state index contributed by atoms with van der Waals surface area (Å²) in [4.78, 5) is 15.3. The van der Waals surface area contributed by atoms with Crippen molar-refractivity contribution in [3.05, 3.63) is 150 Å². The summed E-state index contributed by atoms with van der Waals surface area (Å²) < 4.78 is 2.50. The lowest BCUT2D eigenvalue weighted by Gasteiger charge is -2.17. The molecule has 10 rings (SSSR count). The molecule has 0 amide bonds. The molecule has 0 aliphatic heterocycles. The van der Waals surface area contributed by atoms with Gasteiger partial charge in [0, 0.05) is 39.2 Å². The third-order valence-corrected chi connectivity index (χ3v) is 10.4. The van der Waals surface area contributed by atoms with E-state index in [0.29, 0.717) is 17.5 Å². The van der Waals surface area contributed by atoms with Crippen LogP contribution in [0.4, 0.5) is 0 Å². The Morgan fingerprint density at radius 3 is 1.90 bits per heavy atom. The molecule has 234 valence electrons. The molecule has 4 nitrogen and oxygen atoms in total. The van der Waals surface area contributed by atoms with Crippen LogP contribution < -0.4 is 0 Å². The molecule has 0 spiro atoms. The SMILES string of the molecule is C1=CC(c2nc(-c3ccccc3)nc(-c3cccc4c5ccc(-n6c7c(c8c6C=CCC8)CCC=C7)cc5c5ccccc5c34)n2)=CCC1. The zero-order chi connectivity index (χ0) is 32.3. The summed E-state index contributed by atoms with van der Waals surface area (Å²) >= 11 is 0. The van der Waals surface area contributed by atoms with Gasteiger partial charge in [0.15, 0.2) is 17.5 Å². The van der Waals surface area contributed by atoms with E-state index in [4.69, 9.17) is 15.0 Å². The van der Waals surface area contributed by atoms with Crippen molar-refractivity contribution in [2.24, 2.45) is 0 Å². The Balaban J connectivity index is 1.23. The molecule has 0 atom stereocenters. The van der Waals surface area contributed by atoms with E-state index in [2.05, 4.69) is 120 Å². The van der Waals surface area contributed by atoms with Gasteiger partial charge >= 0.3 is 0 Å². The maximum atomic E-state index is 5.16. The Morgan fingerprint density at radius 2 is 1.14 bits per heavy atom. The number of allylic oxidation sites excluding steroid dienone is 6. The maximum Gasteiger partial charge on any atom is 0.164 e. The number of rotatable bonds is 4. The monoisotopic (exact) mass is 630 g/mol. The van der Waals surface area contributed by atoms with Crippen LogP contribution in [0.3, 0.4) is 0 Å². The van der Waals surface area contributed by atoms with Crippen LogP contribution in [0.15, 0.2) is 121 Å². The average molecular weight is 631 g/mol. The van der Waals surface area contributed by atoms with Crippen molar-refractivity contribution >= 4 is 50.0 Å². The topological polar surface area (TPSA) is 43.6 Å². The lowest BCUT2D eigenvalue weighted by molar-refractivity contribution is 0.922. The molecule has 0 saturated carbocycles. The second kappa shape index (κ2) is 11.4. The highest BCUT2D eigenvalue weighted by molar-refractivity contribution is 6.28. The van der Waals surface area contributed by atoms with Crippen molar-refractivity contribution in [2.75, 3.05) is 0 Å². The van der Waals surface area contributed by atoms with Crippen molar-refractivity contribution in [1.29, 1.82) is 0 Å². The van der Waals surface area contributed by atoms with Gasteiger partial charge in [-0.05, 0) is 101 Å². The second-order valence-corrected chi connectivity index (χ2v) is 13.3. The lowest BCUT2D eigenvalue weighted by Crippen LogP contribution is -2.04. The fourth-order valence-corrected chi connectivity index (χ4v) is 8.18. The minimum atomic E-state index is 0.689.